The Labute approximate surface area is 459 Å². The first-order valence-electron chi connectivity index (χ1n) is 28.8. The first-order valence-corrected chi connectivity index (χ1v) is 28.8. The fourth-order valence-corrected chi connectivity index (χ4v) is 11.2. The van der Waals surface area contributed by atoms with Crippen molar-refractivity contribution in [3.05, 3.63) is 115 Å². The Balaban J connectivity index is 2.03. The van der Waals surface area contributed by atoms with Crippen molar-refractivity contribution >= 4 is 0 Å². The van der Waals surface area contributed by atoms with Crippen molar-refractivity contribution in [2.75, 3.05) is 13.1 Å². The van der Waals surface area contributed by atoms with Crippen molar-refractivity contribution in [1.82, 2.24) is 4.90 Å². The van der Waals surface area contributed by atoms with Gasteiger partial charge in [0, 0.05) is 12.1 Å². The molecule has 0 atom stereocenters. The minimum atomic E-state index is -0.242. The molecule has 0 fully saturated rings. The number of phenolic OH excluding ortho intramolecular Hbond substituents is 4. The molecule has 6 N–H and O–H groups in total. The van der Waals surface area contributed by atoms with E-state index in [-0.39, 0.29) is 55.4 Å². The van der Waals surface area contributed by atoms with Gasteiger partial charge in [-0.3, -0.25) is 4.90 Å². The SMILES string of the molecule is CC(C)(C)c1cc(CCC(CCc2cc(C(C)(C)C)c(O)c(C(C)(C)C)c2)N(CCCN)C(CCc2cc(C(C)(C)C)c(O)c(C(C)(C)C)c2)CCc2cc(C(C)(C)C)c(O)c(C(C)(C)C)c2)cc(C(C)(C)C)c1O. The summed E-state index contributed by atoms with van der Waals surface area (Å²) < 4.78 is 0. The fraction of sp³-hybridized carbons (Fsp3) is 0.652. The first-order chi connectivity index (χ1) is 33.9. The molecule has 0 bridgehead atoms. The molecule has 0 radical (unpaired) electrons. The first kappa shape index (κ1) is 63.5. The predicted octanol–water partition coefficient (Wildman–Crippen LogP) is 17.1. The second-order valence-corrected chi connectivity index (χ2v) is 31.0. The molecule has 4 aromatic carbocycles. The maximum atomic E-state index is 11.8. The largest absolute Gasteiger partial charge is 0.507 e. The molecule has 0 saturated carbocycles. The van der Waals surface area contributed by atoms with Crippen LogP contribution in [-0.4, -0.2) is 50.5 Å². The lowest BCUT2D eigenvalue weighted by Gasteiger charge is -2.40. The van der Waals surface area contributed by atoms with Gasteiger partial charge in [0.05, 0.1) is 0 Å². The number of aromatic hydroxyl groups is 4. The third kappa shape index (κ3) is 16.5. The lowest BCUT2D eigenvalue weighted by Crippen LogP contribution is -2.45. The summed E-state index contributed by atoms with van der Waals surface area (Å²) in [7, 11) is 0. The van der Waals surface area contributed by atoms with E-state index in [0.717, 1.165) is 109 Å². The van der Waals surface area contributed by atoms with Crippen LogP contribution in [0.15, 0.2) is 48.5 Å². The molecule has 0 aliphatic carbocycles. The number of aryl methyl sites for hydroxylation is 4. The van der Waals surface area contributed by atoms with Crippen LogP contribution in [0.4, 0.5) is 0 Å². The van der Waals surface area contributed by atoms with Crippen LogP contribution in [0.25, 0.3) is 0 Å². The Morgan fingerprint density at radius 2 is 0.480 bits per heavy atom. The molecule has 0 aliphatic heterocycles. The van der Waals surface area contributed by atoms with Crippen LogP contribution in [0.1, 0.15) is 265 Å². The average molecular weight is 1030 g/mol. The van der Waals surface area contributed by atoms with Crippen LogP contribution in [0.5, 0.6) is 23.0 Å². The van der Waals surface area contributed by atoms with Crippen LogP contribution >= 0.6 is 0 Å². The van der Waals surface area contributed by atoms with Crippen LogP contribution in [0.3, 0.4) is 0 Å². The topological polar surface area (TPSA) is 110 Å². The Morgan fingerprint density at radius 3 is 0.613 bits per heavy atom. The summed E-state index contributed by atoms with van der Waals surface area (Å²) in [4.78, 5) is 2.84. The monoisotopic (exact) mass is 1030 g/mol. The maximum Gasteiger partial charge on any atom is 0.123 e. The van der Waals surface area contributed by atoms with E-state index in [1.807, 2.05) is 0 Å². The van der Waals surface area contributed by atoms with Gasteiger partial charge in [0.25, 0.3) is 0 Å². The van der Waals surface area contributed by atoms with E-state index >= 15 is 0 Å². The third-order valence-electron chi connectivity index (χ3n) is 15.8. The molecule has 75 heavy (non-hydrogen) atoms. The highest BCUT2D eigenvalue weighted by molar-refractivity contribution is 5.53. The van der Waals surface area contributed by atoms with Gasteiger partial charge in [-0.25, -0.2) is 0 Å². The number of rotatable bonds is 17. The Bertz CT molecular complexity index is 2070. The van der Waals surface area contributed by atoms with Gasteiger partial charge in [0.2, 0.25) is 0 Å². The summed E-state index contributed by atoms with van der Waals surface area (Å²) in [6, 6.07) is 18.5. The minimum absolute atomic E-state index is 0.168. The van der Waals surface area contributed by atoms with Crippen molar-refractivity contribution in [3.8, 4) is 23.0 Å². The van der Waals surface area contributed by atoms with Gasteiger partial charge in [-0.05, 0) is 181 Å². The molecule has 4 rings (SSSR count). The van der Waals surface area contributed by atoms with Gasteiger partial charge in [0.1, 0.15) is 23.0 Å². The molecule has 0 heterocycles. The third-order valence-corrected chi connectivity index (χ3v) is 15.8. The number of benzene rings is 4. The summed E-state index contributed by atoms with van der Waals surface area (Å²) in [5.74, 6) is 1.64. The zero-order valence-electron chi connectivity index (χ0n) is 52.4. The molecule has 0 amide bonds. The van der Waals surface area contributed by atoms with Crippen molar-refractivity contribution in [2.45, 2.75) is 279 Å². The number of nitrogens with zero attached hydrogens (tertiary/aromatic N) is 1. The molecule has 420 valence electrons. The zero-order valence-corrected chi connectivity index (χ0v) is 52.4. The van der Waals surface area contributed by atoms with Gasteiger partial charge in [0.15, 0.2) is 0 Å². The van der Waals surface area contributed by atoms with E-state index in [0.29, 0.717) is 29.5 Å². The standard InChI is InChI=1S/C69H110N2O4/c1-62(2,3)50-36-44(37-51(58(50)72)63(4,5)6)26-30-48(31-27-45-38-52(64(7,8)9)59(73)53(39-45)65(10,11)12)71(35-25-34-70)49(32-28-46-40-54(66(13,14)15)60(74)55(41-46)67(16,17)18)33-29-47-42-56(68(19,20)21)61(75)57(43-47)69(22,23)24/h36-43,48-49,72-75H,25-35,70H2,1-24H3. The summed E-state index contributed by atoms with van der Waals surface area (Å²) >= 11 is 0. The molecule has 0 spiro atoms. The van der Waals surface area contributed by atoms with Gasteiger partial charge in [-0.1, -0.05) is 215 Å². The van der Waals surface area contributed by atoms with E-state index in [1.165, 1.54) is 22.3 Å². The van der Waals surface area contributed by atoms with E-state index in [2.05, 4.69) is 220 Å². The second-order valence-electron chi connectivity index (χ2n) is 31.0. The van der Waals surface area contributed by atoms with Crippen molar-refractivity contribution < 1.29 is 20.4 Å². The highest BCUT2D eigenvalue weighted by Crippen LogP contribution is 2.45. The van der Waals surface area contributed by atoms with Gasteiger partial charge >= 0.3 is 0 Å². The molecule has 6 nitrogen and oxygen atoms in total. The molecule has 0 aliphatic rings. The van der Waals surface area contributed by atoms with E-state index < -0.39 is 0 Å². The lowest BCUT2D eigenvalue weighted by atomic mass is 9.77. The van der Waals surface area contributed by atoms with Crippen molar-refractivity contribution in [1.29, 1.82) is 0 Å². The minimum Gasteiger partial charge on any atom is -0.507 e. The Hall–Kier alpha value is -4.00. The summed E-state index contributed by atoms with van der Waals surface area (Å²) in [5, 5.41) is 47.3. The molecule has 4 aromatic rings. The molecule has 0 unspecified atom stereocenters. The van der Waals surface area contributed by atoms with E-state index in [9.17, 15) is 20.4 Å². The molecular weight excluding hydrogens is 921 g/mol. The van der Waals surface area contributed by atoms with Gasteiger partial charge < -0.3 is 26.2 Å². The highest BCUT2D eigenvalue weighted by atomic mass is 16.3. The summed E-state index contributed by atoms with van der Waals surface area (Å²) in [5.41, 5.74) is 17.5. The van der Waals surface area contributed by atoms with Crippen LogP contribution in [0.2, 0.25) is 0 Å². The lowest BCUT2D eigenvalue weighted by molar-refractivity contribution is 0.105. The van der Waals surface area contributed by atoms with E-state index in [1.54, 1.807) is 0 Å². The van der Waals surface area contributed by atoms with E-state index in [4.69, 9.17) is 5.73 Å². The van der Waals surface area contributed by atoms with Gasteiger partial charge in [-0.15, -0.1) is 0 Å². The predicted molar refractivity (Wildman–Crippen MR) is 323 cm³/mol. The molecular formula is C69H110N2O4. The van der Waals surface area contributed by atoms with Crippen LogP contribution < -0.4 is 5.73 Å². The smallest absolute Gasteiger partial charge is 0.123 e. The second kappa shape index (κ2) is 23.1. The molecule has 0 aromatic heterocycles. The van der Waals surface area contributed by atoms with Crippen LogP contribution in [0, 0.1) is 0 Å². The Kier molecular flexibility index (Phi) is 19.6. The maximum absolute atomic E-state index is 11.8. The average Bonchev–Trinajstić information content (AvgIpc) is 3.22. The van der Waals surface area contributed by atoms with Crippen molar-refractivity contribution in [2.24, 2.45) is 5.73 Å². The quantitative estimate of drug-likeness (QED) is 0.0721. The van der Waals surface area contributed by atoms with Crippen molar-refractivity contribution in [3.63, 3.8) is 0 Å². The fourth-order valence-electron chi connectivity index (χ4n) is 11.2. The van der Waals surface area contributed by atoms with Crippen LogP contribution in [-0.2, 0) is 69.0 Å². The number of phenols is 4. The number of hydrogen-bond donors (Lipinski definition) is 5. The molecule has 0 saturated heterocycles. The highest BCUT2D eigenvalue weighted by Gasteiger charge is 2.33. The Morgan fingerprint density at radius 1 is 0.320 bits per heavy atom. The normalized spacial score (nSPS) is 13.8. The summed E-state index contributed by atoms with van der Waals surface area (Å²) in [6.45, 7) is 54.1. The molecule has 6 heteroatoms. The van der Waals surface area contributed by atoms with Gasteiger partial charge in [-0.2, -0.15) is 0 Å². The summed E-state index contributed by atoms with van der Waals surface area (Å²) in [6.07, 6.45) is 7.92. The number of nitrogens with two attached hydrogens (primary N) is 1. The number of hydrogen-bond acceptors (Lipinski definition) is 6. The zero-order chi connectivity index (χ0) is 57.4.